The number of fused-ring (bicyclic) bond motifs is 2. The summed E-state index contributed by atoms with van der Waals surface area (Å²) in [4.78, 5) is 4.32. The van der Waals surface area contributed by atoms with Crippen molar-refractivity contribution in [2.45, 2.75) is 18.4 Å². The lowest BCUT2D eigenvalue weighted by molar-refractivity contribution is 0.0842. The summed E-state index contributed by atoms with van der Waals surface area (Å²) in [6, 6.07) is 16.3. The summed E-state index contributed by atoms with van der Waals surface area (Å²) in [6.07, 6.45) is 5.30. The second-order valence-corrected chi connectivity index (χ2v) is 5.43. The van der Waals surface area contributed by atoms with Gasteiger partial charge in [-0.15, -0.1) is 0 Å². The van der Waals surface area contributed by atoms with E-state index in [2.05, 4.69) is 17.1 Å². The summed E-state index contributed by atoms with van der Waals surface area (Å²) in [5, 5.41) is 13.4. The molecule has 1 unspecified atom stereocenters. The van der Waals surface area contributed by atoms with E-state index in [0.29, 0.717) is 0 Å². The van der Waals surface area contributed by atoms with Crippen LogP contribution in [0.4, 0.5) is 0 Å². The van der Waals surface area contributed by atoms with Crippen molar-refractivity contribution in [1.82, 2.24) is 4.98 Å². The quantitative estimate of drug-likeness (QED) is 0.728. The third-order valence-electron chi connectivity index (χ3n) is 4.33. The fourth-order valence-electron chi connectivity index (χ4n) is 3.32. The molecule has 1 N–H and O–H groups in total. The zero-order chi connectivity index (χ0) is 13.6. The molecule has 0 radical (unpaired) electrons. The predicted octanol–water partition coefficient (Wildman–Crippen LogP) is 3.42. The molecule has 0 fully saturated rings. The molecule has 98 valence electrons. The number of benzene rings is 2. The molecule has 0 saturated carbocycles. The van der Waals surface area contributed by atoms with Crippen LogP contribution >= 0.6 is 0 Å². The van der Waals surface area contributed by atoms with Crippen molar-refractivity contribution in [2.75, 3.05) is 0 Å². The first-order chi connectivity index (χ1) is 9.79. The third-order valence-corrected chi connectivity index (χ3v) is 4.33. The van der Waals surface area contributed by atoms with Gasteiger partial charge in [-0.25, -0.2) is 0 Å². The number of rotatable bonds is 1. The van der Waals surface area contributed by atoms with E-state index >= 15 is 0 Å². The molecule has 4 rings (SSSR count). The van der Waals surface area contributed by atoms with Crippen LogP contribution in [0.15, 0.2) is 60.9 Å². The normalized spacial score (nSPS) is 21.1. The largest absolute Gasteiger partial charge is 0.380 e. The molecule has 1 aliphatic rings. The van der Waals surface area contributed by atoms with Crippen LogP contribution in [0.2, 0.25) is 0 Å². The second kappa shape index (κ2) is 4.15. The summed E-state index contributed by atoms with van der Waals surface area (Å²) in [7, 11) is 0. The van der Waals surface area contributed by atoms with Crippen LogP contribution in [0, 0.1) is 0 Å². The van der Waals surface area contributed by atoms with Crippen LogP contribution in [0.3, 0.4) is 0 Å². The third kappa shape index (κ3) is 1.52. The van der Waals surface area contributed by atoms with E-state index in [9.17, 15) is 5.11 Å². The number of aliphatic hydroxyl groups is 1. The first kappa shape index (κ1) is 11.6. The fourth-order valence-corrected chi connectivity index (χ4v) is 3.32. The molecule has 0 saturated heterocycles. The zero-order valence-corrected chi connectivity index (χ0v) is 11.1. The topological polar surface area (TPSA) is 33.1 Å². The lowest BCUT2D eigenvalue weighted by atomic mass is 9.86. The van der Waals surface area contributed by atoms with E-state index in [-0.39, 0.29) is 0 Å². The van der Waals surface area contributed by atoms with E-state index < -0.39 is 5.60 Å². The smallest absolute Gasteiger partial charge is 0.117 e. The lowest BCUT2D eigenvalue weighted by Gasteiger charge is -2.25. The Morgan fingerprint density at radius 2 is 1.70 bits per heavy atom. The van der Waals surface area contributed by atoms with Crippen LogP contribution < -0.4 is 0 Å². The highest BCUT2D eigenvalue weighted by Gasteiger charge is 2.39. The van der Waals surface area contributed by atoms with Gasteiger partial charge in [0.15, 0.2) is 0 Å². The summed E-state index contributed by atoms with van der Waals surface area (Å²) in [6.45, 7) is 0. The van der Waals surface area contributed by atoms with Gasteiger partial charge in [-0.1, -0.05) is 48.5 Å². The van der Waals surface area contributed by atoms with Gasteiger partial charge >= 0.3 is 0 Å². The summed E-state index contributed by atoms with van der Waals surface area (Å²) in [5.41, 5.74) is 2.27. The number of pyridine rings is 1. The molecule has 20 heavy (non-hydrogen) atoms. The van der Waals surface area contributed by atoms with E-state index in [1.807, 2.05) is 48.8 Å². The number of nitrogens with zero attached hydrogens (tertiary/aromatic N) is 1. The Bertz CT molecular complexity index is 791. The molecule has 0 spiro atoms. The summed E-state index contributed by atoms with van der Waals surface area (Å²) in [5.74, 6) is 0. The van der Waals surface area contributed by atoms with Crippen LogP contribution in [0.1, 0.15) is 23.1 Å². The van der Waals surface area contributed by atoms with Crippen molar-refractivity contribution < 1.29 is 5.11 Å². The molecule has 1 aliphatic carbocycles. The van der Waals surface area contributed by atoms with Crippen molar-refractivity contribution in [3.63, 3.8) is 0 Å². The van der Waals surface area contributed by atoms with Crippen LogP contribution in [-0.4, -0.2) is 10.1 Å². The van der Waals surface area contributed by atoms with Crippen LogP contribution in [-0.2, 0) is 12.0 Å². The Kier molecular flexibility index (Phi) is 2.41. The highest BCUT2D eigenvalue weighted by atomic mass is 16.3. The van der Waals surface area contributed by atoms with E-state index in [0.717, 1.165) is 34.7 Å². The van der Waals surface area contributed by atoms with Gasteiger partial charge in [0, 0.05) is 23.3 Å². The van der Waals surface area contributed by atoms with E-state index in [4.69, 9.17) is 0 Å². The summed E-state index contributed by atoms with van der Waals surface area (Å²) < 4.78 is 0. The average Bonchev–Trinajstić information content (AvgIpc) is 2.86. The molecule has 0 amide bonds. The maximum absolute atomic E-state index is 11.3. The second-order valence-electron chi connectivity index (χ2n) is 5.43. The number of hydrogen-bond acceptors (Lipinski definition) is 2. The van der Waals surface area contributed by atoms with Crippen molar-refractivity contribution in [3.05, 3.63) is 77.6 Å². The molecule has 1 heterocycles. The van der Waals surface area contributed by atoms with Gasteiger partial charge in [0.1, 0.15) is 5.60 Å². The van der Waals surface area contributed by atoms with Crippen molar-refractivity contribution in [2.24, 2.45) is 0 Å². The lowest BCUT2D eigenvalue weighted by Crippen LogP contribution is -2.24. The Morgan fingerprint density at radius 3 is 2.65 bits per heavy atom. The Morgan fingerprint density at radius 1 is 0.900 bits per heavy atom. The molecule has 1 aromatic heterocycles. The molecular weight excluding hydrogens is 246 g/mol. The Balaban J connectivity index is 2.01. The van der Waals surface area contributed by atoms with Crippen LogP contribution in [0.25, 0.3) is 10.8 Å². The molecule has 3 aromatic rings. The SMILES string of the molecule is OC1(c2cncc3ccccc23)CCc2ccccc21. The monoisotopic (exact) mass is 261 g/mol. The van der Waals surface area contributed by atoms with Gasteiger partial charge in [0.2, 0.25) is 0 Å². The van der Waals surface area contributed by atoms with Gasteiger partial charge in [-0.3, -0.25) is 4.98 Å². The molecule has 2 aromatic carbocycles. The average molecular weight is 261 g/mol. The van der Waals surface area contributed by atoms with E-state index in [1.165, 1.54) is 5.56 Å². The standard InChI is InChI=1S/C18H15NO/c20-18(10-9-13-5-2-4-8-16(13)18)17-12-19-11-14-6-1-3-7-15(14)17/h1-8,11-12,20H,9-10H2. The Labute approximate surface area is 117 Å². The van der Waals surface area contributed by atoms with Gasteiger partial charge < -0.3 is 5.11 Å². The molecule has 2 heteroatoms. The minimum absolute atomic E-state index is 0.724. The van der Waals surface area contributed by atoms with E-state index in [1.54, 1.807) is 0 Å². The number of aromatic nitrogens is 1. The molecule has 1 atom stereocenters. The first-order valence-electron chi connectivity index (χ1n) is 6.93. The van der Waals surface area contributed by atoms with Crippen LogP contribution in [0.5, 0.6) is 0 Å². The minimum atomic E-state index is -0.912. The molecular formula is C18H15NO. The maximum Gasteiger partial charge on any atom is 0.117 e. The maximum atomic E-state index is 11.3. The van der Waals surface area contributed by atoms with Crippen molar-refractivity contribution in [1.29, 1.82) is 0 Å². The Hall–Kier alpha value is -2.19. The number of aryl methyl sites for hydroxylation is 1. The van der Waals surface area contributed by atoms with Crippen molar-refractivity contribution >= 4 is 10.8 Å². The highest BCUT2D eigenvalue weighted by Crippen LogP contribution is 2.43. The fraction of sp³-hybridized carbons (Fsp3) is 0.167. The zero-order valence-electron chi connectivity index (χ0n) is 11.1. The van der Waals surface area contributed by atoms with Gasteiger partial charge in [-0.05, 0) is 29.4 Å². The van der Waals surface area contributed by atoms with Gasteiger partial charge in [0.05, 0.1) is 0 Å². The molecule has 0 aliphatic heterocycles. The number of hydrogen-bond donors (Lipinski definition) is 1. The summed E-state index contributed by atoms with van der Waals surface area (Å²) >= 11 is 0. The van der Waals surface area contributed by atoms with Gasteiger partial charge in [-0.2, -0.15) is 0 Å². The molecule has 2 nitrogen and oxygen atoms in total. The minimum Gasteiger partial charge on any atom is -0.380 e. The first-order valence-corrected chi connectivity index (χ1v) is 6.93. The predicted molar refractivity (Wildman–Crippen MR) is 79.5 cm³/mol. The molecule has 0 bridgehead atoms. The van der Waals surface area contributed by atoms with Crippen molar-refractivity contribution in [3.8, 4) is 0 Å². The van der Waals surface area contributed by atoms with Gasteiger partial charge in [0.25, 0.3) is 0 Å². The highest BCUT2D eigenvalue weighted by molar-refractivity contribution is 5.86.